The van der Waals surface area contributed by atoms with E-state index in [4.69, 9.17) is 4.98 Å². The summed E-state index contributed by atoms with van der Waals surface area (Å²) in [5.41, 5.74) is 0.685. The molecule has 1 saturated heterocycles. The van der Waals surface area contributed by atoms with Crippen LogP contribution in [0.2, 0.25) is 0 Å². The fourth-order valence-corrected chi connectivity index (χ4v) is 5.56. The third kappa shape index (κ3) is 4.59. The number of rotatable bonds is 6. The predicted molar refractivity (Wildman–Crippen MR) is 124 cm³/mol. The van der Waals surface area contributed by atoms with Gasteiger partial charge in [0, 0.05) is 37.2 Å². The molecule has 0 atom stereocenters. The van der Waals surface area contributed by atoms with Gasteiger partial charge in [0.1, 0.15) is 5.82 Å². The van der Waals surface area contributed by atoms with Gasteiger partial charge in [0.05, 0.1) is 22.3 Å². The lowest BCUT2D eigenvalue weighted by Gasteiger charge is -2.34. The van der Waals surface area contributed by atoms with Crippen LogP contribution in [0.3, 0.4) is 0 Å². The monoisotopic (exact) mass is 504 g/mol. The molecule has 0 radical (unpaired) electrons. The summed E-state index contributed by atoms with van der Waals surface area (Å²) in [4.78, 5) is 20.2. The van der Waals surface area contributed by atoms with E-state index in [-0.39, 0.29) is 5.56 Å². The third-order valence-corrected chi connectivity index (χ3v) is 7.98. The molecule has 0 spiro atoms. The fourth-order valence-electron chi connectivity index (χ4n) is 3.87. The van der Waals surface area contributed by atoms with Crippen molar-refractivity contribution in [1.29, 1.82) is 0 Å². The van der Waals surface area contributed by atoms with Crippen LogP contribution in [0.1, 0.15) is 19.2 Å². The SMILES string of the molecule is CCCn1c(CN2CCN(S(=O)(=O)c3ccc(Br)cc3)CC2)nc2ccccc2c1=O. The van der Waals surface area contributed by atoms with Gasteiger partial charge in [-0.25, -0.2) is 13.4 Å². The maximum Gasteiger partial charge on any atom is 0.261 e. The molecule has 3 aromatic rings. The standard InChI is InChI=1S/C22H25BrN4O3S/c1-2-11-27-21(24-20-6-4-3-5-19(20)22(27)28)16-25-12-14-26(15-13-25)31(29,30)18-9-7-17(23)8-10-18/h3-10H,2,11-16H2,1H3. The minimum Gasteiger partial charge on any atom is -0.295 e. The zero-order valence-electron chi connectivity index (χ0n) is 17.4. The summed E-state index contributed by atoms with van der Waals surface area (Å²) >= 11 is 3.34. The van der Waals surface area contributed by atoms with Crippen LogP contribution in [-0.2, 0) is 23.1 Å². The van der Waals surface area contributed by atoms with Gasteiger partial charge in [-0.3, -0.25) is 14.3 Å². The highest BCUT2D eigenvalue weighted by atomic mass is 79.9. The number of fused-ring (bicyclic) bond motifs is 1. The molecule has 0 bridgehead atoms. The van der Waals surface area contributed by atoms with Crippen LogP contribution in [0.5, 0.6) is 0 Å². The number of hydrogen-bond donors (Lipinski definition) is 0. The van der Waals surface area contributed by atoms with Crippen molar-refractivity contribution in [2.24, 2.45) is 0 Å². The minimum absolute atomic E-state index is 0.0149. The van der Waals surface area contributed by atoms with E-state index in [1.165, 1.54) is 4.31 Å². The highest BCUT2D eigenvalue weighted by Gasteiger charge is 2.29. The summed E-state index contributed by atoms with van der Waals surface area (Å²) in [5.74, 6) is 0.731. The van der Waals surface area contributed by atoms with E-state index < -0.39 is 10.0 Å². The van der Waals surface area contributed by atoms with Gasteiger partial charge in [-0.05, 0) is 42.8 Å². The Morgan fingerprint density at radius 3 is 2.35 bits per heavy atom. The van der Waals surface area contributed by atoms with Crippen LogP contribution < -0.4 is 5.56 Å². The minimum atomic E-state index is -3.51. The van der Waals surface area contributed by atoms with E-state index in [2.05, 4.69) is 20.8 Å². The van der Waals surface area contributed by atoms with Crippen molar-refractivity contribution < 1.29 is 8.42 Å². The highest BCUT2D eigenvalue weighted by molar-refractivity contribution is 9.10. The Hall–Kier alpha value is -2.07. The molecular weight excluding hydrogens is 480 g/mol. The van der Waals surface area contributed by atoms with Crippen LogP contribution in [0, 0.1) is 0 Å². The molecular formula is C22H25BrN4O3S. The van der Waals surface area contributed by atoms with E-state index in [1.807, 2.05) is 31.2 Å². The van der Waals surface area contributed by atoms with Crippen LogP contribution in [0.25, 0.3) is 10.9 Å². The summed E-state index contributed by atoms with van der Waals surface area (Å²) in [6.45, 7) is 5.16. The summed E-state index contributed by atoms with van der Waals surface area (Å²) in [6.07, 6.45) is 0.839. The van der Waals surface area contributed by atoms with Gasteiger partial charge in [-0.15, -0.1) is 0 Å². The van der Waals surface area contributed by atoms with Gasteiger partial charge >= 0.3 is 0 Å². The zero-order chi connectivity index (χ0) is 22.0. The lowest BCUT2D eigenvalue weighted by atomic mass is 10.2. The van der Waals surface area contributed by atoms with Gasteiger partial charge < -0.3 is 0 Å². The van der Waals surface area contributed by atoms with Gasteiger partial charge in [0.2, 0.25) is 10.0 Å². The molecule has 0 aliphatic carbocycles. The van der Waals surface area contributed by atoms with Crippen LogP contribution in [-0.4, -0.2) is 53.4 Å². The number of halogens is 1. The van der Waals surface area contributed by atoms with Gasteiger partial charge in [0.25, 0.3) is 5.56 Å². The summed E-state index contributed by atoms with van der Waals surface area (Å²) in [5, 5.41) is 0.630. The first-order valence-corrected chi connectivity index (χ1v) is 12.6. The second-order valence-electron chi connectivity index (χ2n) is 7.64. The molecule has 1 aliphatic rings. The number of sulfonamides is 1. The number of hydrogen-bond acceptors (Lipinski definition) is 5. The summed E-state index contributed by atoms with van der Waals surface area (Å²) in [7, 11) is -3.51. The first-order chi connectivity index (χ1) is 14.9. The normalized spacial score (nSPS) is 16.1. The Labute approximate surface area is 190 Å². The molecule has 2 heterocycles. The number of para-hydroxylation sites is 1. The third-order valence-electron chi connectivity index (χ3n) is 5.54. The van der Waals surface area contributed by atoms with Gasteiger partial charge in [-0.1, -0.05) is 35.0 Å². The van der Waals surface area contributed by atoms with Crippen molar-refractivity contribution in [2.45, 2.75) is 31.3 Å². The number of nitrogens with zero attached hydrogens (tertiary/aromatic N) is 4. The maximum atomic E-state index is 13.0. The Kier molecular flexibility index (Phi) is 6.57. The molecule has 1 fully saturated rings. The molecule has 7 nitrogen and oxygen atoms in total. The second kappa shape index (κ2) is 9.20. The molecule has 1 aliphatic heterocycles. The Morgan fingerprint density at radius 2 is 1.68 bits per heavy atom. The number of benzene rings is 2. The summed E-state index contributed by atoms with van der Waals surface area (Å²) < 4.78 is 30.0. The van der Waals surface area contributed by atoms with Crippen LogP contribution in [0.15, 0.2) is 62.7 Å². The largest absolute Gasteiger partial charge is 0.295 e. The zero-order valence-corrected chi connectivity index (χ0v) is 19.8. The van der Waals surface area contributed by atoms with Crippen molar-refractivity contribution in [2.75, 3.05) is 26.2 Å². The number of aromatic nitrogens is 2. The van der Waals surface area contributed by atoms with Crippen LogP contribution in [0.4, 0.5) is 0 Å². The molecule has 164 valence electrons. The van der Waals surface area contributed by atoms with Crippen LogP contribution >= 0.6 is 15.9 Å². The Bertz CT molecular complexity index is 1230. The molecule has 0 unspecified atom stereocenters. The molecule has 9 heteroatoms. The van der Waals surface area contributed by atoms with Crippen molar-refractivity contribution in [3.05, 3.63) is 69.2 Å². The van der Waals surface area contributed by atoms with E-state index in [9.17, 15) is 13.2 Å². The first kappa shape index (κ1) is 22.1. The lowest BCUT2D eigenvalue weighted by Crippen LogP contribution is -2.48. The topological polar surface area (TPSA) is 75.5 Å². The second-order valence-corrected chi connectivity index (χ2v) is 10.5. The average Bonchev–Trinajstić information content (AvgIpc) is 2.77. The quantitative estimate of drug-likeness (QED) is 0.515. The molecule has 0 amide bonds. The summed E-state index contributed by atoms with van der Waals surface area (Å²) in [6, 6.07) is 14.1. The first-order valence-electron chi connectivity index (χ1n) is 10.4. The Balaban J connectivity index is 1.51. The molecule has 1 aromatic heterocycles. The molecule has 0 saturated carbocycles. The van der Waals surface area contributed by atoms with Crippen molar-refractivity contribution >= 4 is 36.9 Å². The van der Waals surface area contributed by atoms with Crippen molar-refractivity contribution in [1.82, 2.24) is 18.8 Å². The smallest absolute Gasteiger partial charge is 0.261 e. The van der Waals surface area contributed by atoms with E-state index in [1.54, 1.807) is 28.8 Å². The molecule has 4 rings (SSSR count). The highest BCUT2D eigenvalue weighted by Crippen LogP contribution is 2.21. The maximum absolute atomic E-state index is 13.0. The van der Waals surface area contributed by atoms with E-state index in [0.717, 1.165) is 16.7 Å². The molecule has 2 aromatic carbocycles. The average molecular weight is 505 g/mol. The van der Waals surface area contributed by atoms with Crippen molar-refractivity contribution in [3.8, 4) is 0 Å². The Morgan fingerprint density at radius 1 is 1.00 bits per heavy atom. The lowest BCUT2D eigenvalue weighted by molar-refractivity contribution is 0.175. The predicted octanol–water partition coefficient (Wildman–Crippen LogP) is 3.08. The van der Waals surface area contributed by atoms with E-state index >= 15 is 0 Å². The van der Waals surface area contributed by atoms with Gasteiger partial charge in [0.15, 0.2) is 0 Å². The van der Waals surface area contributed by atoms with Gasteiger partial charge in [-0.2, -0.15) is 4.31 Å². The molecule has 31 heavy (non-hydrogen) atoms. The van der Waals surface area contributed by atoms with E-state index in [0.29, 0.717) is 55.1 Å². The van der Waals surface area contributed by atoms with Crippen molar-refractivity contribution in [3.63, 3.8) is 0 Å². The number of piperazine rings is 1. The molecule has 0 N–H and O–H groups in total. The fraction of sp³-hybridized carbons (Fsp3) is 0.364.